The molecule has 0 bridgehead atoms. The van der Waals surface area contributed by atoms with E-state index in [1.807, 2.05) is 18.2 Å². The average molecular weight is 324 g/mol. The van der Waals surface area contributed by atoms with Crippen molar-refractivity contribution in [2.24, 2.45) is 0 Å². The predicted octanol–water partition coefficient (Wildman–Crippen LogP) is 3.66. The Morgan fingerprint density at radius 1 is 1.12 bits per heavy atom. The molecular formula is C20H24N2O2. The maximum Gasteiger partial charge on any atom is 0.122 e. The van der Waals surface area contributed by atoms with E-state index in [0.717, 1.165) is 47.6 Å². The molecule has 0 aliphatic heterocycles. The van der Waals surface area contributed by atoms with Crippen molar-refractivity contribution in [3.05, 3.63) is 59.4 Å². The van der Waals surface area contributed by atoms with Crippen molar-refractivity contribution in [1.29, 1.82) is 0 Å². The zero-order valence-corrected chi connectivity index (χ0v) is 14.3. The van der Waals surface area contributed by atoms with E-state index in [1.165, 1.54) is 5.56 Å². The van der Waals surface area contributed by atoms with Crippen LogP contribution in [-0.2, 0) is 13.0 Å². The van der Waals surface area contributed by atoms with Crippen molar-refractivity contribution in [3.63, 3.8) is 0 Å². The van der Waals surface area contributed by atoms with E-state index in [1.54, 1.807) is 0 Å². The molecule has 4 nitrogen and oxygen atoms in total. The lowest BCUT2D eigenvalue weighted by atomic mass is 10.1. The number of imidazole rings is 1. The van der Waals surface area contributed by atoms with Crippen LogP contribution in [0.15, 0.2) is 42.5 Å². The highest BCUT2D eigenvalue weighted by molar-refractivity contribution is 5.75. The van der Waals surface area contributed by atoms with Gasteiger partial charge in [-0.2, -0.15) is 0 Å². The molecule has 0 radical (unpaired) electrons. The third kappa shape index (κ3) is 3.60. The van der Waals surface area contributed by atoms with Crippen LogP contribution in [0.5, 0.6) is 5.75 Å². The molecule has 4 heteroatoms. The standard InChI is InChI=1S/C20H24N2O2/c1-15-9-10-16(2)19(14-15)24-13-11-22-18-7-4-3-6-17(18)21-20(22)8-5-12-23/h3-4,6-7,9-10,14,23H,5,8,11-13H2,1-2H3. The fourth-order valence-corrected chi connectivity index (χ4v) is 2.91. The Morgan fingerprint density at radius 2 is 1.96 bits per heavy atom. The van der Waals surface area contributed by atoms with Crippen molar-refractivity contribution in [3.8, 4) is 5.75 Å². The number of benzene rings is 2. The lowest BCUT2D eigenvalue weighted by Gasteiger charge is -2.12. The number of aryl methyl sites for hydroxylation is 3. The van der Waals surface area contributed by atoms with E-state index in [2.05, 4.69) is 42.7 Å². The lowest BCUT2D eigenvalue weighted by molar-refractivity contribution is 0.282. The quantitative estimate of drug-likeness (QED) is 0.721. The Bertz CT molecular complexity index is 824. The number of aliphatic hydroxyl groups is 1. The zero-order chi connectivity index (χ0) is 16.9. The van der Waals surface area contributed by atoms with E-state index in [0.29, 0.717) is 6.61 Å². The van der Waals surface area contributed by atoms with Gasteiger partial charge in [-0.15, -0.1) is 0 Å². The molecule has 1 heterocycles. The molecule has 0 atom stereocenters. The van der Waals surface area contributed by atoms with Gasteiger partial charge in [0, 0.05) is 13.0 Å². The maximum atomic E-state index is 9.11. The van der Waals surface area contributed by atoms with Gasteiger partial charge < -0.3 is 14.4 Å². The molecule has 1 N–H and O–H groups in total. The number of nitrogens with zero attached hydrogens (tertiary/aromatic N) is 2. The molecule has 0 unspecified atom stereocenters. The first-order valence-electron chi connectivity index (χ1n) is 8.44. The van der Waals surface area contributed by atoms with Gasteiger partial charge >= 0.3 is 0 Å². The first kappa shape index (κ1) is 16.5. The summed E-state index contributed by atoms with van der Waals surface area (Å²) < 4.78 is 8.21. The second kappa shape index (κ2) is 7.49. The highest BCUT2D eigenvalue weighted by atomic mass is 16.5. The summed E-state index contributed by atoms with van der Waals surface area (Å²) in [4.78, 5) is 4.70. The number of aromatic nitrogens is 2. The van der Waals surface area contributed by atoms with E-state index in [9.17, 15) is 0 Å². The van der Waals surface area contributed by atoms with E-state index in [-0.39, 0.29) is 6.61 Å². The van der Waals surface area contributed by atoms with Gasteiger partial charge in [0.05, 0.1) is 17.6 Å². The van der Waals surface area contributed by atoms with Crippen LogP contribution in [0.4, 0.5) is 0 Å². The normalized spacial score (nSPS) is 11.1. The van der Waals surface area contributed by atoms with Crippen molar-refractivity contribution >= 4 is 11.0 Å². The third-order valence-corrected chi connectivity index (χ3v) is 4.21. The lowest BCUT2D eigenvalue weighted by Crippen LogP contribution is -2.12. The molecule has 2 aromatic carbocycles. The molecule has 0 saturated carbocycles. The minimum absolute atomic E-state index is 0.183. The molecule has 126 valence electrons. The van der Waals surface area contributed by atoms with Crippen molar-refractivity contribution in [2.45, 2.75) is 33.2 Å². The Morgan fingerprint density at radius 3 is 2.79 bits per heavy atom. The monoisotopic (exact) mass is 324 g/mol. The minimum atomic E-state index is 0.183. The molecular weight excluding hydrogens is 300 g/mol. The SMILES string of the molecule is Cc1ccc(C)c(OCCn2c(CCCO)nc3ccccc32)c1. The molecule has 1 aromatic heterocycles. The Kier molecular flexibility index (Phi) is 5.16. The topological polar surface area (TPSA) is 47.3 Å². The van der Waals surface area contributed by atoms with Crippen molar-refractivity contribution < 1.29 is 9.84 Å². The molecule has 3 rings (SSSR count). The van der Waals surface area contributed by atoms with Crippen molar-refractivity contribution in [1.82, 2.24) is 9.55 Å². The van der Waals surface area contributed by atoms with Crippen LogP contribution < -0.4 is 4.74 Å². The first-order chi connectivity index (χ1) is 11.7. The largest absolute Gasteiger partial charge is 0.491 e. The molecule has 0 spiro atoms. The van der Waals surface area contributed by atoms with Crippen LogP contribution in [0.25, 0.3) is 11.0 Å². The average Bonchev–Trinajstić information content (AvgIpc) is 2.94. The molecule has 0 aliphatic carbocycles. The van der Waals surface area contributed by atoms with Gasteiger partial charge in [0.25, 0.3) is 0 Å². The Labute approximate surface area is 142 Å². The number of aliphatic hydroxyl groups excluding tert-OH is 1. The second-order valence-corrected chi connectivity index (χ2v) is 6.11. The zero-order valence-electron chi connectivity index (χ0n) is 14.3. The summed E-state index contributed by atoms with van der Waals surface area (Å²) in [6.07, 6.45) is 1.50. The van der Waals surface area contributed by atoms with Gasteiger partial charge in [-0.25, -0.2) is 4.98 Å². The Hall–Kier alpha value is -2.33. The maximum absolute atomic E-state index is 9.11. The third-order valence-electron chi connectivity index (χ3n) is 4.21. The second-order valence-electron chi connectivity index (χ2n) is 6.11. The Balaban J connectivity index is 1.77. The molecule has 0 saturated heterocycles. The van der Waals surface area contributed by atoms with Gasteiger partial charge in [-0.3, -0.25) is 0 Å². The summed E-state index contributed by atoms with van der Waals surface area (Å²) >= 11 is 0. The highest BCUT2D eigenvalue weighted by Gasteiger charge is 2.10. The summed E-state index contributed by atoms with van der Waals surface area (Å²) in [5, 5.41) is 9.11. The number of para-hydroxylation sites is 2. The number of rotatable bonds is 7. The van der Waals surface area contributed by atoms with Crippen LogP contribution in [0, 0.1) is 13.8 Å². The molecule has 0 aliphatic rings. The van der Waals surface area contributed by atoms with E-state index in [4.69, 9.17) is 14.8 Å². The van der Waals surface area contributed by atoms with Gasteiger partial charge in [0.1, 0.15) is 18.2 Å². The highest BCUT2D eigenvalue weighted by Crippen LogP contribution is 2.20. The fourth-order valence-electron chi connectivity index (χ4n) is 2.91. The smallest absolute Gasteiger partial charge is 0.122 e. The number of fused-ring (bicyclic) bond motifs is 1. The number of hydrogen-bond donors (Lipinski definition) is 1. The van der Waals surface area contributed by atoms with E-state index < -0.39 is 0 Å². The van der Waals surface area contributed by atoms with Crippen molar-refractivity contribution in [2.75, 3.05) is 13.2 Å². The van der Waals surface area contributed by atoms with Crippen LogP contribution in [-0.4, -0.2) is 27.9 Å². The number of hydrogen-bond acceptors (Lipinski definition) is 3. The summed E-state index contributed by atoms with van der Waals surface area (Å²) in [6, 6.07) is 14.4. The van der Waals surface area contributed by atoms with Crippen LogP contribution in [0.1, 0.15) is 23.4 Å². The van der Waals surface area contributed by atoms with Crippen LogP contribution in [0.3, 0.4) is 0 Å². The van der Waals surface area contributed by atoms with Crippen LogP contribution in [0.2, 0.25) is 0 Å². The predicted molar refractivity (Wildman–Crippen MR) is 96.6 cm³/mol. The summed E-state index contributed by atoms with van der Waals surface area (Å²) in [5.41, 5.74) is 4.47. The minimum Gasteiger partial charge on any atom is -0.491 e. The van der Waals surface area contributed by atoms with Gasteiger partial charge in [-0.1, -0.05) is 24.3 Å². The number of ether oxygens (including phenoxy) is 1. The van der Waals surface area contributed by atoms with Crippen LogP contribution >= 0.6 is 0 Å². The van der Waals surface area contributed by atoms with Gasteiger partial charge in [0.15, 0.2) is 0 Å². The van der Waals surface area contributed by atoms with Gasteiger partial charge in [-0.05, 0) is 49.6 Å². The van der Waals surface area contributed by atoms with E-state index >= 15 is 0 Å². The summed E-state index contributed by atoms with van der Waals surface area (Å²) in [5.74, 6) is 1.95. The van der Waals surface area contributed by atoms with Gasteiger partial charge in [0.2, 0.25) is 0 Å². The molecule has 0 amide bonds. The summed E-state index contributed by atoms with van der Waals surface area (Å²) in [7, 11) is 0. The molecule has 3 aromatic rings. The summed E-state index contributed by atoms with van der Waals surface area (Å²) in [6.45, 7) is 5.66. The molecule has 24 heavy (non-hydrogen) atoms. The first-order valence-corrected chi connectivity index (χ1v) is 8.44. The molecule has 0 fully saturated rings. The fraction of sp³-hybridized carbons (Fsp3) is 0.350.